The molecule has 27 heavy (non-hydrogen) atoms. The number of nitrogens with one attached hydrogen (secondary N) is 2. The third-order valence-electron chi connectivity index (χ3n) is 6.65. The van der Waals surface area contributed by atoms with E-state index in [0.717, 1.165) is 33.7 Å². The van der Waals surface area contributed by atoms with E-state index in [-0.39, 0.29) is 17.2 Å². The maximum atomic E-state index is 12.8. The Morgan fingerprint density at radius 3 is 2.41 bits per heavy atom. The van der Waals surface area contributed by atoms with E-state index >= 15 is 0 Å². The molecule has 1 aromatic heterocycles. The Morgan fingerprint density at radius 1 is 1.11 bits per heavy atom. The van der Waals surface area contributed by atoms with Gasteiger partial charge in [0.25, 0.3) is 0 Å². The van der Waals surface area contributed by atoms with Crippen molar-refractivity contribution in [2.75, 3.05) is 10.6 Å². The third kappa shape index (κ3) is 3.35. The first kappa shape index (κ1) is 17.2. The lowest BCUT2D eigenvalue weighted by Gasteiger charge is -2.56. The van der Waals surface area contributed by atoms with E-state index < -0.39 is 0 Å². The van der Waals surface area contributed by atoms with Crippen molar-refractivity contribution in [3.05, 3.63) is 18.2 Å². The molecular weight excluding hydrogens is 358 g/mol. The summed E-state index contributed by atoms with van der Waals surface area (Å²) in [5.41, 5.74) is 1.77. The number of aromatic nitrogens is 1. The molecule has 4 fully saturated rings. The molecular formula is C21H25N3O2S. The lowest BCUT2D eigenvalue weighted by molar-refractivity contribution is -0.124. The Balaban J connectivity index is 1.29. The van der Waals surface area contributed by atoms with Gasteiger partial charge in [-0.05, 0) is 79.9 Å². The monoisotopic (exact) mass is 383 g/mol. The van der Waals surface area contributed by atoms with E-state index in [2.05, 4.69) is 15.6 Å². The fraction of sp³-hybridized carbons (Fsp3) is 0.571. The number of benzene rings is 1. The maximum Gasteiger partial charge on any atom is 0.226 e. The van der Waals surface area contributed by atoms with Crippen LogP contribution >= 0.6 is 11.3 Å². The van der Waals surface area contributed by atoms with Crippen molar-refractivity contribution >= 4 is 44.2 Å². The summed E-state index contributed by atoms with van der Waals surface area (Å²) >= 11 is 1.49. The number of nitrogens with zero attached hydrogens (tertiary/aromatic N) is 1. The maximum absolute atomic E-state index is 12.8. The molecule has 142 valence electrons. The van der Waals surface area contributed by atoms with Crippen LogP contribution in [-0.4, -0.2) is 16.8 Å². The van der Waals surface area contributed by atoms with E-state index in [1.54, 1.807) is 0 Å². The molecule has 6 heteroatoms. The highest BCUT2D eigenvalue weighted by molar-refractivity contribution is 7.22. The van der Waals surface area contributed by atoms with Crippen molar-refractivity contribution in [3.8, 4) is 0 Å². The van der Waals surface area contributed by atoms with Crippen LogP contribution in [0.15, 0.2) is 18.2 Å². The van der Waals surface area contributed by atoms with Crippen LogP contribution < -0.4 is 10.6 Å². The number of amides is 2. The van der Waals surface area contributed by atoms with Crippen LogP contribution in [0.3, 0.4) is 0 Å². The Bertz CT molecular complexity index is 884. The highest BCUT2D eigenvalue weighted by Crippen LogP contribution is 2.61. The van der Waals surface area contributed by atoms with Crippen molar-refractivity contribution in [2.24, 2.45) is 23.2 Å². The van der Waals surface area contributed by atoms with Gasteiger partial charge in [-0.3, -0.25) is 9.59 Å². The molecule has 4 bridgehead atoms. The number of thiazole rings is 1. The molecule has 4 aliphatic carbocycles. The molecule has 1 heterocycles. The van der Waals surface area contributed by atoms with Gasteiger partial charge in [0.15, 0.2) is 5.13 Å². The number of fused-ring (bicyclic) bond motifs is 1. The first-order valence-electron chi connectivity index (χ1n) is 9.94. The summed E-state index contributed by atoms with van der Waals surface area (Å²) in [6.45, 7) is 1.49. The first-order valence-corrected chi connectivity index (χ1v) is 10.8. The summed E-state index contributed by atoms with van der Waals surface area (Å²) in [6.07, 6.45) is 8.56. The SMILES string of the molecule is CC(=O)Nc1ccc2sc(NC(=O)CC34CC5CC(CC(C5)C3)C4)nc2c1. The van der Waals surface area contributed by atoms with Crippen LogP contribution in [0.25, 0.3) is 10.2 Å². The number of carbonyl (C=O) groups excluding carboxylic acids is 2. The zero-order chi connectivity index (χ0) is 18.6. The molecule has 2 N–H and O–H groups in total. The summed E-state index contributed by atoms with van der Waals surface area (Å²) in [6, 6.07) is 5.65. The van der Waals surface area contributed by atoms with Crippen LogP contribution in [0, 0.1) is 23.2 Å². The number of hydrogen-bond acceptors (Lipinski definition) is 4. The van der Waals surface area contributed by atoms with Crippen LogP contribution in [0.1, 0.15) is 51.9 Å². The molecule has 4 aliphatic rings. The lowest BCUT2D eigenvalue weighted by Crippen LogP contribution is -2.47. The van der Waals surface area contributed by atoms with Gasteiger partial charge >= 0.3 is 0 Å². The van der Waals surface area contributed by atoms with Gasteiger partial charge in [0.1, 0.15) is 0 Å². The summed E-state index contributed by atoms with van der Waals surface area (Å²) in [4.78, 5) is 28.6. The smallest absolute Gasteiger partial charge is 0.226 e. The molecule has 0 atom stereocenters. The van der Waals surface area contributed by atoms with E-state index in [4.69, 9.17) is 0 Å². The second kappa shape index (κ2) is 6.30. The molecule has 0 radical (unpaired) electrons. The van der Waals surface area contributed by atoms with Gasteiger partial charge in [0.2, 0.25) is 11.8 Å². The zero-order valence-corrected chi connectivity index (χ0v) is 16.4. The van der Waals surface area contributed by atoms with Crippen molar-refractivity contribution < 1.29 is 9.59 Å². The fourth-order valence-electron chi connectivity index (χ4n) is 6.27. The first-order chi connectivity index (χ1) is 13.0. The van der Waals surface area contributed by atoms with Gasteiger partial charge < -0.3 is 10.6 Å². The van der Waals surface area contributed by atoms with Crippen LogP contribution in [0.5, 0.6) is 0 Å². The fourth-order valence-corrected chi connectivity index (χ4v) is 7.13. The molecule has 0 spiro atoms. The average molecular weight is 384 g/mol. The predicted octanol–water partition coefficient (Wildman–Crippen LogP) is 4.80. The normalized spacial score (nSPS) is 31.2. The molecule has 0 unspecified atom stereocenters. The third-order valence-corrected chi connectivity index (χ3v) is 7.61. The molecule has 4 saturated carbocycles. The van der Waals surface area contributed by atoms with Crippen LogP contribution in [-0.2, 0) is 9.59 Å². The van der Waals surface area contributed by atoms with Crippen molar-refractivity contribution in [2.45, 2.75) is 51.9 Å². The summed E-state index contributed by atoms with van der Waals surface area (Å²) < 4.78 is 1.01. The second-order valence-corrected chi connectivity index (χ2v) is 10.1. The van der Waals surface area contributed by atoms with Crippen molar-refractivity contribution in [3.63, 3.8) is 0 Å². The molecule has 0 saturated heterocycles. The van der Waals surface area contributed by atoms with Gasteiger partial charge in [0, 0.05) is 19.0 Å². The average Bonchev–Trinajstić information content (AvgIpc) is 2.93. The van der Waals surface area contributed by atoms with Gasteiger partial charge in [0.05, 0.1) is 10.2 Å². The molecule has 0 aliphatic heterocycles. The predicted molar refractivity (Wildman–Crippen MR) is 108 cm³/mol. The summed E-state index contributed by atoms with van der Waals surface area (Å²) in [5, 5.41) is 6.47. The summed E-state index contributed by atoms with van der Waals surface area (Å²) in [5.74, 6) is 2.59. The largest absolute Gasteiger partial charge is 0.326 e. The van der Waals surface area contributed by atoms with E-state index in [0.29, 0.717) is 11.6 Å². The number of hydrogen-bond donors (Lipinski definition) is 2. The minimum Gasteiger partial charge on any atom is -0.326 e. The molecule has 2 aromatic rings. The molecule has 2 amide bonds. The Labute approximate surface area is 162 Å². The van der Waals surface area contributed by atoms with Gasteiger partial charge in [-0.25, -0.2) is 4.98 Å². The van der Waals surface area contributed by atoms with Crippen LogP contribution in [0.2, 0.25) is 0 Å². The zero-order valence-electron chi connectivity index (χ0n) is 15.6. The molecule has 5 nitrogen and oxygen atoms in total. The van der Waals surface area contributed by atoms with E-state index in [1.165, 1.54) is 56.8 Å². The Morgan fingerprint density at radius 2 is 1.78 bits per heavy atom. The quantitative estimate of drug-likeness (QED) is 0.797. The number of anilines is 2. The lowest BCUT2D eigenvalue weighted by atomic mass is 9.49. The number of rotatable bonds is 4. The number of carbonyl (C=O) groups is 2. The topological polar surface area (TPSA) is 71.1 Å². The molecule has 6 rings (SSSR count). The van der Waals surface area contributed by atoms with Crippen molar-refractivity contribution in [1.29, 1.82) is 0 Å². The highest BCUT2D eigenvalue weighted by Gasteiger charge is 2.51. The van der Waals surface area contributed by atoms with Gasteiger partial charge in [-0.1, -0.05) is 11.3 Å². The highest BCUT2D eigenvalue weighted by atomic mass is 32.1. The summed E-state index contributed by atoms with van der Waals surface area (Å²) in [7, 11) is 0. The Kier molecular flexibility index (Phi) is 4.00. The second-order valence-electron chi connectivity index (χ2n) is 9.03. The molecule has 1 aromatic carbocycles. The van der Waals surface area contributed by atoms with E-state index in [1.807, 2.05) is 18.2 Å². The standard InChI is InChI=1S/C21H25N3O2S/c1-12(25)22-16-2-3-18-17(7-16)23-20(27-18)24-19(26)11-21-8-13-4-14(9-21)6-15(5-13)10-21/h2-3,7,13-15H,4-6,8-11H2,1H3,(H,22,25)(H,23,24,26). The van der Waals surface area contributed by atoms with Crippen molar-refractivity contribution in [1.82, 2.24) is 4.98 Å². The van der Waals surface area contributed by atoms with Gasteiger partial charge in [-0.15, -0.1) is 0 Å². The minimum atomic E-state index is -0.103. The van der Waals surface area contributed by atoms with Crippen LogP contribution in [0.4, 0.5) is 10.8 Å². The van der Waals surface area contributed by atoms with Gasteiger partial charge in [-0.2, -0.15) is 0 Å². The Hall–Kier alpha value is -1.95. The minimum absolute atomic E-state index is 0.103. The van der Waals surface area contributed by atoms with E-state index in [9.17, 15) is 9.59 Å².